The molecule has 0 aliphatic carbocycles. The second-order valence-corrected chi connectivity index (χ2v) is 12.4. The number of rotatable bonds is 1. The number of nitrogen functional groups attached to an aromatic ring is 1. The lowest BCUT2D eigenvalue weighted by molar-refractivity contribution is -0.755. The van der Waals surface area contributed by atoms with Gasteiger partial charge < -0.3 is 44.8 Å². The molecular formula is C21H25N5O12P2. The van der Waals surface area contributed by atoms with Crippen molar-refractivity contribution in [2.75, 3.05) is 18.9 Å². The topological polar surface area (TPSA) is 245 Å². The Morgan fingerprint density at radius 3 is 2.52 bits per heavy atom. The first-order valence-corrected chi connectivity index (χ1v) is 15.0. The molecule has 0 amide bonds. The summed E-state index contributed by atoms with van der Waals surface area (Å²) < 4.78 is 52.6. The van der Waals surface area contributed by atoms with E-state index in [1.54, 1.807) is 28.8 Å². The van der Waals surface area contributed by atoms with Crippen molar-refractivity contribution < 1.29 is 61.6 Å². The molecule has 2 fully saturated rings. The zero-order valence-electron chi connectivity index (χ0n) is 20.4. The lowest BCUT2D eigenvalue weighted by Crippen LogP contribution is -2.48. The number of nitrogens with zero attached hydrogens (tertiary/aromatic N) is 4. The van der Waals surface area contributed by atoms with E-state index in [9.17, 15) is 34.2 Å². The Kier molecular flexibility index (Phi) is 7.06. The smallest absolute Gasteiger partial charge is 0.478 e. The molecular weight excluding hydrogens is 576 g/mol. The minimum Gasteiger partial charge on any atom is -0.756 e. The highest BCUT2D eigenvalue weighted by Crippen LogP contribution is 2.58. The SMILES string of the molecule is Nc1c2nc(-c3ccccc3)n3c2nc[n+]1[C@@H]1O[C@H](COP(=O)([O-])OP(=O)(O)OC[C@H]2O[C@@H]3C[C@@H]2O)[C@@H](O)[C@H]1O. The number of nitrogens with two attached hydrogens (primary N) is 1. The summed E-state index contributed by atoms with van der Waals surface area (Å²) >= 11 is 0. The maximum atomic E-state index is 12.3. The van der Waals surface area contributed by atoms with Crippen molar-refractivity contribution >= 4 is 32.6 Å². The van der Waals surface area contributed by atoms with Crippen molar-refractivity contribution in [1.82, 2.24) is 14.5 Å². The number of benzene rings is 1. The molecule has 4 aliphatic heterocycles. The van der Waals surface area contributed by atoms with Crippen LogP contribution < -0.4 is 15.2 Å². The van der Waals surface area contributed by atoms with Gasteiger partial charge in [-0.1, -0.05) is 35.3 Å². The van der Waals surface area contributed by atoms with Crippen molar-refractivity contribution in [3.05, 3.63) is 36.7 Å². The van der Waals surface area contributed by atoms with E-state index in [-0.39, 0.29) is 23.4 Å². The maximum Gasteiger partial charge on any atom is 0.478 e. The Hall–Kier alpha value is -2.37. The highest BCUT2D eigenvalue weighted by Gasteiger charge is 2.48. The first-order valence-electron chi connectivity index (χ1n) is 12.1. The summed E-state index contributed by atoms with van der Waals surface area (Å²) in [5.74, 6) is 0.365. The van der Waals surface area contributed by atoms with Crippen LogP contribution in [0.2, 0.25) is 0 Å². The third kappa shape index (κ3) is 4.98. The standard InChI is InChI=1S/C21H25N5O12P2/c22-18-15-20-23-9-25(18)21-17(29)16(28)13(37-21)8-35-40(32,33)38-39(30,31)34-7-12-11(27)6-14(36-12)26(20)19(24-15)10-4-2-1-3-5-10/h1-5,9,11-14,16-17,21-22,27-29H,6-8H2,(H2,30,31,32,33)/t11-,12+,13+,14+,16+,17+,21+/m0/s1. The van der Waals surface area contributed by atoms with Gasteiger partial charge in [0.15, 0.2) is 5.52 Å². The van der Waals surface area contributed by atoms with Gasteiger partial charge in [-0.3, -0.25) is 13.7 Å². The zero-order chi connectivity index (χ0) is 28.4. The van der Waals surface area contributed by atoms with Crippen LogP contribution >= 0.6 is 15.6 Å². The molecule has 17 nitrogen and oxygen atoms in total. The van der Waals surface area contributed by atoms with E-state index in [0.717, 1.165) is 0 Å². The quantitative estimate of drug-likeness (QED) is 0.164. The third-order valence-electron chi connectivity index (χ3n) is 6.85. The molecule has 6 heterocycles. The fourth-order valence-electron chi connectivity index (χ4n) is 4.91. The molecule has 19 heteroatoms. The van der Waals surface area contributed by atoms with E-state index in [1.165, 1.54) is 10.9 Å². The Bertz CT molecular complexity index is 1520. The van der Waals surface area contributed by atoms with E-state index >= 15 is 0 Å². The average Bonchev–Trinajstić information content (AvgIpc) is 3.55. The van der Waals surface area contributed by atoms with Gasteiger partial charge in [0.25, 0.3) is 13.6 Å². The molecule has 0 spiro atoms. The summed E-state index contributed by atoms with van der Waals surface area (Å²) in [5.41, 5.74) is 7.54. The fourth-order valence-corrected chi connectivity index (χ4v) is 6.97. The van der Waals surface area contributed by atoms with E-state index < -0.39 is 71.8 Å². The minimum absolute atomic E-state index is 0.00246. The first-order chi connectivity index (χ1) is 18.9. The first kappa shape index (κ1) is 27.8. The van der Waals surface area contributed by atoms with Gasteiger partial charge in [0.2, 0.25) is 18.2 Å². The van der Waals surface area contributed by atoms with Crippen molar-refractivity contribution in [2.24, 2.45) is 0 Å². The number of aliphatic hydroxyl groups excluding tert-OH is 3. The van der Waals surface area contributed by atoms with Gasteiger partial charge in [0.05, 0.1) is 19.3 Å². The number of hydrogen-bond donors (Lipinski definition) is 5. The van der Waals surface area contributed by atoms with Crippen LogP contribution in [0.4, 0.5) is 5.82 Å². The molecule has 0 radical (unpaired) electrons. The molecule has 40 heavy (non-hydrogen) atoms. The average molecular weight is 601 g/mol. The number of imidazole rings is 1. The lowest BCUT2D eigenvalue weighted by Gasteiger charge is -2.26. The van der Waals surface area contributed by atoms with Crippen LogP contribution in [0.3, 0.4) is 0 Å². The minimum atomic E-state index is -5.48. The van der Waals surface area contributed by atoms with Crippen LogP contribution in [0.25, 0.3) is 22.6 Å². The van der Waals surface area contributed by atoms with Crippen LogP contribution in [-0.4, -0.2) is 78.5 Å². The number of phosphoric acid groups is 2. The lowest BCUT2D eigenvalue weighted by atomic mass is 10.1. The van der Waals surface area contributed by atoms with Crippen LogP contribution in [0.15, 0.2) is 36.7 Å². The number of aliphatic hydroxyl groups is 3. The summed E-state index contributed by atoms with van der Waals surface area (Å²) in [6.07, 6.45) is -8.03. The number of hydrogen-bond acceptors (Lipinski definition) is 14. The summed E-state index contributed by atoms with van der Waals surface area (Å²) in [6, 6.07) is 8.97. The van der Waals surface area contributed by atoms with Crippen molar-refractivity contribution in [1.29, 1.82) is 0 Å². The van der Waals surface area contributed by atoms with Gasteiger partial charge in [0.1, 0.15) is 36.5 Å². The third-order valence-corrected chi connectivity index (χ3v) is 9.41. The molecule has 3 aromatic rings. The molecule has 0 saturated carbocycles. The van der Waals surface area contributed by atoms with E-state index in [1.807, 2.05) is 6.07 Å². The van der Waals surface area contributed by atoms with Gasteiger partial charge >= 0.3 is 7.82 Å². The van der Waals surface area contributed by atoms with Gasteiger partial charge in [-0.25, -0.2) is 18.4 Å². The molecule has 2 aromatic heterocycles. The monoisotopic (exact) mass is 601 g/mol. The molecule has 4 aliphatic rings. The van der Waals surface area contributed by atoms with Crippen molar-refractivity contribution in [2.45, 2.75) is 49.4 Å². The summed E-state index contributed by atoms with van der Waals surface area (Å²) in [6.45, 7) is -1.60. The largest absolute Gasteiger partial charge is 0.756 e. The summed E-state index contributed by atoms with van der Waals surface area (Å²) in [5, 5.41) is 31.8. The highest BCUT2D eigenvalue weighted by molar-refractivity contribution is 7.60. The van der Waals surface area contributed by atoms with Gasteiger partial charge in [-0.15, -0.1) is 0 Å². The Labute approximate surface area is 225 Å². The molecule has 2 saturated heterocycles. The van der Waals surface area contributed by atoms with Gasteiger partial charge in [-0.2, -0.15) is 0 Å². The summed E-state index contributed by atoms with van der Waals surface area (Å²) in [4.78, 5) is 31.3. The zero-order valence-corrected chi connectivity index (χ0v) is 22.2. The number of phosphoric ester groups is 2. The Morgan fingerprint density at radius 1 is 1.05 bits per heavy atom. The number of aromatic nitrogens is 4. The molecule has 2 unspecified atom stereocenters. The fraction of sp³-hybridized carbons (Fsp3) is 0.476. The van der Waals surface area contributed by atoms with Crippen LogP contribution in [0.5, 0.6) is 0 Å². The second kappa shape index (κ2) is 10.2. The normalized spacial score (nSPS) is 38.6. The van der Waals surface area contributed by atoms with Crippen molar-refractivity contribution in [3.8, 4) is 11.4 Å². The second-order valence-electron chi connectivity index (χ2n) is 9.45. The van der Waals surface area contributed by atoms with E-state index in [4.69, 9.17) is 19.7 Å². The van der Waals surface area contributed by atoms with Crippen LogP contribution in [0.1, 0.15) is 18.9 Å². The summed E-state index contributed by atoms with van der Waals surface area (Å²) in [7, 11) is -10.7. The molecule has 1 aromatic carbocycles. The Balaban J connectivity index is 1.49. The number of ether oxygens (including phenoxy) is 2. The molecule has 6 N–H and O–H groups in total. The maximum absolute atomic E-state index is 12.3. The van der Waals surface area contributed by atoms with Crippen LogP contribution in [0, 0.1) is 0 Å². The highest BCUT2D eigenvalue weighted by atomic mass is 31.3. The molecule has 7 rings (SSSR count). The number of anilines is 1. The van der Waals surface area contributed by atoms with Gasteiger partial charge in [0, 0.05) is 12.0 Å². The van der Waals surface area contributed by atoms with Gasteiger partial charge in [-0.05, 0) is 0 Å². The molecule has 216 valence electrons. The van der Waals surface area contributed by atoms with E-state index in [2.05, 4.69) is 18.8 Å². The van der Waals surface area contributed by atoms with E-state index in [0.29, 0.717) is 11.4 Å². The van der Waals surface area contributed by atoms with Crippen LogP contribution in [-0.2, 0) is 32.0 Å². The number of fused-ring (bicyclic) bond motifs is 7. The molecule has 8 bridgehead atoms. The predicted molar refractivity (Wildman–Crippen MR) is 128 cm³/mol. The predicted octanol–water partition coefficient (Wildman–Crippen LogP) is -1.13. The molecule has 9 atom stereocenters. The van der Waals surface area contributed by atoms with Crippen molar-refractivity contribution in [3.63, 3.8) is 0 Å². The Morgan fingerprint density at radius 2 is 1.77 bits per heavy atom.